The summed E-state index contributed by atoms with van der Waals surface area (Å²) in [5.41, 5.74) is 0.676. The van der Waals surface area contributed by atoms with Crippen LogP contribution in [-0.2, 0) is 11.8 Å². The molecule has 1 atom stereocenters. The van der Waals surface area contributed by atoms with Gasteiger partial charge in [0.2, 0.25) is 0 Å². The fourth-order valence-electron chi connectivity index (χ4n) is 3.19. The van der Waals surface area contributed by atoms with E-state index in [-0.39, 0.29) is 17.9 Å². The van der Waals surface area contributed by atoms with Crippen molar-refractivity contribution in [3.63, 3.8) is 0 Å². The first-order chi connectivity index (χ1) is 15.9. The third kappa shape index (κ3) is 5.68. The minimum atomic E-state index is -0.365. The number of methoxy groups -OCH3 is 1. The van der Waals surface area contributed by atoms with E-state index in [9.17, 15) is 9.59 Å². The lowest BCUT2D eigenvalue weighted by atomic mass is 10.2. The third-order valence-corrected chi connectivity index (χ3v) is 5.60. The highest BCUT2D eigenvalue weighted by Gasteiger charge is 2.24. The van der Waals surface area contributed by atoms with Crippen molar-refractivity contribution in [1.29, 1.82) is 0 Å². The molecule has 1 saturated heterocycles. The summed E-state index contributed by atoms with van der Waals surface area (Å²) in [7, 11) is 3.36. The van der Waals surface area contributed by atoms with Gasteiger partial charge in [-0.05, 0) is 25.5 Å². The molecule has 1 N–H and O–H groups in total. The van der Waals surface area contributed by atoms with Gasteiger partial charge in [0.25, 0.3) is 17.0 Å². The highest BCUT2D eigenvalue weighted by Crippen LogP contribution is 2.31. The molecule has 0 spiro atoms. The first kappa shape index (κ1) is 22.7. The smallest absolute Gasteiger partial charge is 0.279 e. The predicted octanol–water partition coefficient (Wildman–Crippen LogP) is 3.18. The van der Waals surface area contributed by atoms with Crippen LogP contribution in [0.25, 0.3) is 0 Å². The third-order valence-electron chi connectivity index (χ3n) is 4.89. The molecule has 1 aromatic carbocycles. The number of thiazole rings is 1. The molecule has 0 unspecified atom stereocenters. The van der Waals surface area contributed by atoms with E-state index in [2.05, 4.69) is 15.4 Å². The Bertz CT molecular complexity index is 1140. The number of rotatable bonds is 9. The molecular weight excluding hydrogens is 446 g/mol. The number of hydrogen-bond donors (Lipinski definition) is 1. The number of benzene rings is 1. The Kier molecular flexibility index (Phi) is 6.90. The highest BCUT2D eigenvalue weighted by atomic mass is 32.1. The van der Waals surface area contributed by atoms with Crippen molar-refractivity contribution >= 4 is 29.0 Å². The molecule has 0 saturated carbocycles. The average molecular weight is 472 g/mol. The van der Waals surface area contributed by atoms with Crippen LogP contribution >= 0.6 is 11.3 Å². The lowest BCUT2D eigenvalue weighted by Crippen LogP contribution is -2.42. The first-order valence-corrected chi connectivity index (χ1v) is 11.3. The summed E-state index contributed by atoms with van der Waals surface area (Å²) < 4.78 is 18.5. The molecule has 0 radical (unpaired) electrons. The maximum absolute atomic E-state index is 12.8. The van der Waals surface area contributed by atoms with Crippen molar-refractivity contribution in [3.05, 3.63) is 47.1 Å². The standard InChI is InChI=1S/C22H25N5O5S/c1-14(12-30-3)31-16-9-15(20(28)24-19-5-8-26(2)25-19)10-17(11-16)32-22-23-18(13-33-22)21(29)27-6-4-7-27/h5,8-11,13-14H,4,6-7,12H2,1-3H3,(H,24,25,28)/t14-/m0/s1. The van der Waals surface area contributed by atoms with Crippen molar-refractivity contribution in [3.8, 4) is 16.7 Å². The summed E-state index contributed by atoms with van der Waals surface area (Å²) in [6, 6.07) is 6.58. The molecule has 2 amide bonds. The van der Waals surface area contributed by atoms with Gasteiger partial charge >= 0.3 is 0 Å². The number of hydrogen-bond acceptors (Lipinski definition) is 8. The van der Waals surface area contributed by atoms with Gasteiger partial charge in [0.15, 0.2) is 5.82 Å². The van der Waals surface area contributed by atoms with Crippen LogP contribution < -0.4 is 14.8 Å². The average Bonchev–Trinajstić information content (AvgIpc) is 3.35. The van der Waals surface area contributed by atoms with Gasteiger partial charge < -0.3 is 24.4 Å². The second-order valence-corrected chi connectivity index (χ2v) is 8.47. The molecule has 0 bridgehead atoms. The number of carbonyl (C=O) groups excluding carboxylic acids is 2. The molecule has 10 nitrogen and oxygen atoms in total. The van der Waals surface area contributed by atoms with E-state index in [0.717, 1.165) is 19.5 Å². The van der Waals surface area contributed by atoms with Crippen LogP contribution in [0.15, 0.2) is 35.8 Å². The molecule has 33 heavy (non-hydrogen) atoms. The number of amides is 2. The summed E-state index contributed by atoms with van der Waals surface area (Å²) in [5.74, 6) is 0.764. The molecule has 174 valence electrons. The molecule has 3 heterocycles. The van der Waals surface area contributed by atoms with E-state index in [1.54, 1.807) is 59.6 Å². The van der Waals surface area contributed by atoms with Crippen LogP contribution in [-0.4, -0.2) is 64.4 Å². The first-order valence-electron chi connectivity index (χ1n) is 10.5. The van der Waals surface area contributed by atoms with Crippen molar-refractivity contribution in [2.24, 2.45) is 7.05 Å². The fourth-order valence-corrected chi connectivity index (χ4v) is 3.85. The normalized spacial score (nSPS) is 13.8. The fraction of sp³-hybridized carbons (Fsp3) is 0.364. The number of aryl methyl sites for hydroxylation is 1. The summed E-state index contributed by atoms with van der Waals surface area (Å²) in [6.07, 6.45) is 2.51. The van der Waals surface area contributed by atoms with E-state index in [4.69, 9.17) is 14.2 Å². The molecule has 1 aliphatic rings. The van der Waals surface area contributed by atoms with Gasteiger partial charge in [-0.25, -0.2) is 0 Å². The minimum Gasteiger partial charge on any atom is -0.488 e. The van der Waals surface area contributed by atoms with Gasteiger partial charge in [-0.3, -0.25) is 14.3 Å². The monoisotopic (exact) mass is 471 g/mol. The van der Waals surface area contributed by atoms with Crippen LogP contribution in [0.4, 0.5) is 5.82 Å². The largest absolute Gasteiger partial charge is 0.488 e. The van der Waals surface area contributed by atoms with Crippen LogP contribution in [0.3, 0.4) is 0 Å². The number of carbonyl (C=O) groups is 2. The summed E-state index contributed by atoms with van der Waals surface area (Å²) in [4.78, 5) is 31.3. The van der Waals surface area contributed by atoms with Gasteiger partial charge in [0, 0.05) is 56.5 Å². The van der Waals surface area contributed by atoms with Crippen molar-refractivity contribution in [2.45, 2.75) is 19.4 Å². The second kappa shape index (κ2) is 10.0. The van der Waals surface area contributed by atoms with Crippen molar-refractivity contribution in [1.82, 2.24) is 19.7 Å². The molecule has 0 aliphatic carbocycles. The highest BCUT2D eigenvalue weighted by molar-refractivity contribution is 7.11. The number of nitrogens with zero attached hydrogens (tertiary/aromatic N) is 4. The molecule has 2 aromatic heterocycles. The van der Waals surface area contributed by atoms with E-state index in [0.29, 0.717) is 40.4 Å². The summed E-state index contributed by atoms with van der Waals surface area (Å²) in [6.45, 7) is 3.74. The van der Waals surface area contributed by atoms with Gasteiger partial charge in [0.05, 0.1) is 6.61 Å². The van der Waals surface area contributed by atoms with E-state index in [1.165, 1.54) is 11.3 Å². The zero-order chi connectivity index (χ0) is 23.4. The topological polar surface area (TPSA) is 108 Å². The zero-order valence-electron chi connectivity index (χ0n) is 18.6. The Morgan fingerprint density at radius 3 is 2.70 bits per heavy atom. The quantitative estimate of drug-likeness (QED) is 0.511. The Labute approximate surface area is 195 Å². The van der Waals surface area contributed by atoms with Gasteiger partial charge in [0.1, 0.15) is 23.3 Å². The minimum absolute atomic E-state index is 0.103. The Balaban J connectivity index is 1.55. The number of ether oxygens (including phenoxy) is 3. The van der Waals surface area contributed by atoms with Crippen LogP contribution in [0.1, 0.15) is 34.2 Å². The number of nitrogens with one attached hydrogen (secondary N) is 1. The Morgan fingerprint density at radius 1 is 1.24 bits per heavy atom. The van der Waals surface area contributed by atoms with Crippen LogP contribution in [0, 0.1) is 0 Å². The maximum Gasteiger partial charge on any atom is 0.279 e. The number of anilines is 1. The molecular formula is C22H25N5O5S. The van der Waals surface area contributed by atoms with Gasteiger partial charge in [-0.15, -0.1) is 0 Å². The molecule has 1 aliphatic heterocycles. The lowest BCUT2D eigenvalue weighted by molar-refractivity contribution is 0.0646. The van der Waals surface area contributed by atoms with E-state index >= 15 is 0 Å². The number of likely N-dealkylation sites (tertiary alicyclic amines) is 1. The van der Waals surface area contributed by atoms with E-state index in [1.807, 2.05) is 6.92 Å². The van der Waals surface area contributed by atoms with E-state index < -0.39 is 0 Å². The predicted molar refractivity (Wildman–Crippen MR) is 122 cm³/mol. The van der Waals surface area contributed by atoms with Crippen LogP contribution in [0.2, 0.25) is 0 Å². The maximum atomic E-state index is 12.8. The van der Waals surface area contributed by atoms with Crippen molar-refractivity contribution < 1.29 is 23.8 Å². The van der Waals surface area contributed by atoms with Gasteiger partial charge in [-0.2, -0.15) is 10.1 Å². The Morgan fingerprint density at radius 2 is 2.03 bits per heavy atom. The zero-order valence-corrected chi connectivity index (χ0v) is 19.4. The summed E-state index contributed by atoms with van der Waals surface area (Å²) >= 11 is 1.22. The van der Waals surface area contributed by atoms with Crippen molar-refractivity contribution in [2.75, 3.05) is 32.1 Å². The second-order valence-electron chi connectivity index (χ2n) is 7.65. The molecule has 1 fully saturated rings. The molecule has 3 aromatic rings. The lowest BCUT2D eigenvalue weighted by Gasteiger charge is -2.29. The summed E-state index contributed by atoms with van der Waals surface area (Å²) in [5, 5.41) is 8.89. The van der Waals surface area contributed by atoms with Crippen LogP contribution in [0.5, 0.6) is 16.7 Å². The molecule has 11 heteroatoms. The molecule has 4 rings (SSSR count). The number of aromatic nitrogens is 3. The Hall–Kier alpha value is -3.44. The van der Waals surface area contributed by atoms with Gasteiger partial charge in [-0.1, -0.05) is 11.3 Å². The SMILES string of the molecule is COC[C@H](C)Oc1cc(Oc2nc(C(=O)N3CCC3)cs2)cc(C(=O)Nc2ccn(C)n2)c1.